The number of anilines is 4. The number of fused-ring (bicyclic) bond motifs is 1. The molecular weight excluding hydrogens is 516 g/mol. The van der Waals surface area contributed by atoms with Gasteiger partial charge in [0.25, 0.3) is 5.95 Å². The van der Waals surface area contributed by atoms with E-state index in [4.69, 9.17) is 10.1 Å². The van der Waals surface area contributed by atoms with Gasteiger partial charge in [-0.3, -0.25) is 0 Å². The predicted octanol–water partition coefficient (Wildman–Crippen LogP) is 9.01. The summed E-state index contributed by atoms with van der Waals surface area (Å²) in [6.07, 6.45) is 0. The summed E-state index contributed by atoms with van der Waals surface area (Å²) in [7, 11) is 0. The number of para-hydroxylation sites is 1. The second kappa shape index (κ2) is 10.7. The number of azo groups is 1. The molecule has 0 atom stereocenters. The van der Waals surface area contributed by atoms with Crippen molar-refractivity contribution >= 4 is 55.9 Å². The first kappa shape index (κ1) is 25.4. The lowest BCUT2D eigenvalue weighted by Gasteiger charge is -2.15. The molecule has 0 bridgehead atoms. The minimum absolute atomic E-state index is 0.374. The van der Waals surface area contributed by atoms with Crippen LogP contribution >= 0.6 is 11.3 Å². The molecule has 0 saturated heterocycles. The Hall–Kier alpha value is -4.89. The second-order valence-corrected chi connectivity index (χ2v) is 10.7. The van der Waals surface area contributed by atoms with E-state index in [0.29, 0.717) is 22.6 Å². The molecule has 0 aliphatic heterocycles. The zero-order valence-corrected chi connectivity index (χ0v) is 23.5. The van der Waals surface area contributed by atoms with Gasteiger partial charge >= 0.3 is 0 Å². The summed E-state index contributed by atoms with van der Waals surface area (Å²) in [5, 5.41) is 21.5. The topological polar surface area (TPSA) is 92.4 Å². The van der Waals surface area contributed by atoms with Crippen molar-refractivity contribution in [2.75, 3.05) is 10.6 Å². The van der Waals surface area contributed by atoms with Crippen molar-refractivity contribution in [1.29, 1.82) is 0 Å². The monoisotopic (exact) mass is 544 g/mol. The minimum Gasteiger partial charge on any atom is -0.355 e. The third kappa shape index (κ3) is 5.45. The molecule has 0 aliphatic carbocycles. The fraction of sp³-hybridized carbons (Fsp3) is 0.129. The molecule has 0 radical (unpaired) electrons. The van der Waals surface area contributed by atoms with Gasteiger partial charge in [-0.15, -0.1) is 15.3 Å². The maximum absolute atomic E-state index is 4.72. The average molecular weight is 545 g/mol. The van der Waals surface area contributed by atoms with E-state index in [1.54, 1.807) is 4.68 Å². The van der Waals surface area contributed by atoms with Gasteiger partial charge in [-0.1, -0.05) is 58.9 Å². The van der Waals surface area contributed by atoms with Crippen molar-refractivity contribution in [3.8, 4) is 5.13 Å². The molecule has 2 N–H and O–H groups in total. The van der Waals surface area contributed by atoms with Gasteiger partial charge in [0.2, 0.25) is 5.13 Å². The molecule has 40 heavy (non-hydrogen) atoms. The summed E-state index contributed by atoms with van der Waals surface area (Å²) >= 11 is 1.54. The molecule has 0 fully saturated rings. The quantitative estimate of drug-likeness (QED) is 0.196. The Bertz CT molecular complexity index is 1800. The first-order valence-electron chi connectivity index (χ1n) is 12.9. The Balaban J connectivity index is 1.38. The van der Waals surface area contributed by atoms with E-state index in [1.165, 1.54) is 22.5 Å². The summed E-state index contributed by atoms with van der Waals surface area (Å²) in [5.74, 6) is 0.972. The van der Waals surface area contributed by atoms with Crippen LogP contribution in [-0.2, 0) is 0 Å². The zero-order chi connectivity index (χ0) is 27.6. The Labute approximate surface area is 236 Å². The molecule has 0 aliphatic rings. The number of nitrogens with one attached hydrogen (secondary N) is 2. The van der Waals surface area contributed by atoms with Crippen LogP contribution in [0.1, 0.15) is 22.5 Å². The van der Waals surface area contributed by atoms with Crippen LogP contribution in [0.2, 0.25) is 0 Å². The van der Waals surface area contributed by atoms with Gasteiger partial charge in [-0.2, -0.15) is 9.67 Å². The standard InChI is InChI=1S/C31H28N8S/c1-19-9-13-23(14-10-19)33-25-17-21(3)29(27(18-25)34-24-15-11-20(2)12-16-24)36-37-30-32-22(4)38-39(30)31-35-26-7-5-6-8-28(26)40-31/h5-18,33-34H,1-4H3. The van der Waals surface area contributed by atoms with Crippen LogP contribution < -0.4 is 10.6 Å². The Morgan fingerprint density at radius 2 is 1.38 bits per heavy atom. The Morgan fingerprint density at radius 1 is 0.700 bits per heavy atom. The Morgan fingerprint density at radius 3 is 2.08 bits per heavy atom. The highest BCUT2D eigenvalue weighted by Crippen LogP contribution is 2.37. The molecule has 0 amide bonds. The molecule has 2 aromatic heterocycles. The van der Waals surface area contributed by atoms with Crippen LogP contribution in [0.4, 0.5) is 34.4 Å². The van der Waals surface area contributed by atoms with Gasteiger partial charge in [0, 0.05) is 17.1 Å². The van der Waals surface area contributed by atoms with Gasteiger partial charge < -0.3 is 10.6 Å². The van der Waals surface area contributed by atoms with Gasteiger partial charge in [-0.25, -0.2) is 4.98 Å². The van der Waals surface area contributed by atoms with E-state index in [1.807, 2.05) is 44.2 Å². The van der Waals surface area contributed by atoms with Crippen molar-refractivity contribution in [2.24, 2.45) is 10.2 Å². The third-order valence-electron chi connectivity index (χ3n) is 6.37. The number of rotatable bonds is 7. The number of nitrogens with zero attached hydrogens (tertiary/aromatic N) is 6. The summed E-state index contributed by atoms with van der Waals surface area (Å²) in [5.41, 5.74) is 8.74. The van der Waals surface area contributed by atoms with Gasteiger partial charge in [0.1, 0.15) is 5.69 Å². The molecule has 8 nitrogen and oxygen atoms in total. The molecule has 198 valence electrons. The maximum atomic E-state index is 4.72. The van der Waals surface area contributed by atoms with Crippen LogP contribution in [0.3, 0.4) is 0 Å². The SMILES string of the molecule is Cc1ccc(Nc2cc(C)c(N=Nc3nc(C)nn3-c3nc4ccccc4s3)c(Nc3ccc(C)cc3)c2)cc1. The van der Waals surface area contributed by atoms with Crippen molar-refractivity contribution in [1.82, 2.24) is 19.7 Å². The van der Waals surface area contributed by atoms with Crippen molar-refractivity contribution in [2.45, 2.75) is 27.7 Å². The minimum atomic E-state index is 0.374. The molecule has 2 heterocycles. The fourth-order valence-corrected chi connectivity index (χ4v) is 5.23. The van der Waals surface area contributed by atoms with Crippen LogP contribution in [0, 0.1) is 27.7 Å². The lowest BCUT2D eigenvalue weighted by Crippen LogP contribution is -1.97. The van der Waals surface area contributed by atoms with Gasteiger partial charge in [0.05, 0.1) is 15.9 Å². The zero-order valence-electron chi connectivity index (χ0n) is 22.7. The van der Waals surface area contributed by atoms with Gasteiger partial charge in [0.15, 0.2) is 5.82 Å². The molecule has 9 heteroatoms. The maximum Gasteiger partial charge on any atom is 0.274 e. The van der Waals surface area contributed by atoms with E-state index in [-0.39, 0.29) is 0 Å². The molecule has 6 rings (SSSR count). The van der Waals surface area contributed by atoms with E-state index < -0.39 is 0 Å². The number of benzene rings is 4. The predicted molar refractivity (Wildman–Crippen MR) is 164 cm³/mol. The normalized spacial score (nSPS) is 11.4. The van der Waals surface area contributed by atoms with Crippen LogP contribution in [-0.4, -0.2) is 19.7 Å². The molecule has 0 saturated carbocycles. The lowest BCUT2D eigenvalue weighted by molar-refractivity contribution is 0.848. The number of hydrogen-bond acceptors (Lipinski definition) is 8. The van der Waals surface area contributed by atoms with E-state index in [2.05, 4.69) is 94.3 Å². The number of aromatic nitrogens is 4. The summed E-state index contributed by atoms with van der Waals surface area (Å²) < 4.78 is 2.73. The summed E-state index contributed by atoms with van der Waals surface area (Å²) in [4.78, 5) is 9.25. The largest absolute Gasteiger partial charge is 0.355 e. The third-order valence-corrected chi connectivity index (χ3v) is 7.38. The van der Waals surface area contributed by atoms with Crippen LogP contribution in [0.25, 0.3) is 15.3 Å². The first-order chi connectivity index (χ1) is 19.4. The van der Waals surface area contributed by atoms with E-state index >= 15 is 0 Å². The van der Waals surface area contributed by atoms with Crippen LogP contribution in [0.5, 0.6) is 0 Å². The van der Waals surface area contributed by atoms with Gasteiger partial charge in [-0.05, 0) is 81.8 Å². The van der Waals surface area contributed by atoms with Crippen molar-refractivity contribution in [3.63, 3.8) is 0 Å². The van der Waals surface area contributed by atoms with Crippen LogP contribution in [0.15, 0.2) is 95.2 Å². The highest BCUT2D eigenvalue weighted by atomic mass is 32.1. The number of aryl methyl sites for hydroxylation is 4. The second-order valence-electron chi connectivity index (χ2n) is 9.71. The van der Waals surface area contributed by atoms with Crippen molar-refractivity contribution < 1.29 is 0 Å². The highest BCUT2D eigenvalue weighted by Gasteiger charge is 2.15. The number of hydrogen-bond donors (Lipinski definition) is 2. The number of thiazole rings is 1. The van der Waals surface area contributed by atoms with Crippen molar-refractivity contribution in [3.05, 3.63) is 107 Å². The summed E-state index contributed by atoms with van der Waals surface area (Å²) in [6, 6.07) is 28.7. The average Bonchev–Trinajstić information content (AvgIpc) is 3.54. The van der Waals surface area contributed by atoms with E-state index in [0.717, 1.165) is 38.5 Å². The lowest BCUT2D eigenvalue weighted by atomic mass is 10.1. The summed E-state index contributed by atoms with van der Waals surface area (Å²) in [6.45, 7) is 8.02. The molecular formula is C31H28N8S. The molecule has 6 aromatic rings. The molecule has 4 aromatic carbocycles. The van der Waals surface area contributed by atoms with E-state index in [9.17, 15) is 0 Å². The first-order valence-corrected chi connectivity index (χ1v) is 13.8. The molecule has 0 spiro atoms. The Kier molecular flexibility index (Phi) is 6.79. The fourth-order valence-electron chi connectivity index (χ4n) is 4.32. The molecule has 0 unspecified atom stereocenters. The smallest absolute Gasteiger partial charge is 0.274 e. The highest BCUT2D eigenvalue weighted by molar-refractivity contribution is 7.20.